The van der Waals surface area contributed by atoms with Gasteiger partial charge in [-0.05, 0) is 49.1 Å². The van der Waals surface area contributed by atoms with E-state index >= 15 is 17.6 Å². The summed E-state index contributed by atoms with van der Waals surface area (Å²) in [6, 6.07) is 9.59. The third kappa shape index (κ3) is 18.2. The van der Waals surface area contributed by atoms with Gasteiger partial charge in [-0.1, -0.05) is 30.3 Å². The van der Waals surface area contributed by atoms with E-state index in [4.69, 9.17) is 23.7 Å². The second-order valence-electron chi connectivity index (χ2n) is 24.5. The van der Waals surface area contributed by atoms with Crippen LogP contribution < -0.4 is 9.47 Å². The highest BCUT2D eigenvalue weighted by molar-refractivity contribution is 5.32. The summed E-state index contributed by atoms with van der Waals surface area (Å²) in [6.45, 7) is -12.8. The van der Waals surface area contributed by atoms with Crippen LogP contribution in [0.4, 0.5) is 224 Å². The van der Waals surface area contributed by atoms with Crippen molar-refractivity contribution in [1.29, 1.82) is 0 Å². The molecular formula is C56H45F51O10. The topological polar surface area (TPSA) is 125 Å². The Bertz CT molecular complexity index is 3510. The zero-order chi connectivity index (χ0) is 92.3. The fraction of sp³-hybridized carbons (Fsp3) is 0.786. The molecule has 1 aliphatic heterocycles. The Balaban J connectivity index is 2.24. The molecule has 1 saturated heterocycles. The first-order chi connectivity index (χ1) is 51.7. The molecule has 2 unspecified atom stereocenters. The molecule has 0 spiro atoms. The van der Waals surface area contributed by atoms with E-state index < -0.39 is 282 Å². The minimum Gasteiger partial charge on any atom is -0.491 e. The van der Waals surface area contributed by atoms with Crippen molar-refractivity contribution in [2.24, 2.45) is 0 Å². The maximum absolute atomic E-state index is 15.0. The SMILES string of the molecule is OC[C@H]1O[C@@H](Oc2ccc(OCC(OCCCC(F)(F)C(F)(F)C(F)(F)C(F)(F)C(F)(F)C(F)(F)C(F)(F)C(F)(F)F)C(COCCCC(F)(F)C(F)(F)C(F)(F)C(F)(F)C(F)(F)C(F)(F)C(F)(F)C(F)(F)F)OCCCC(F)(F)C(F)(F)C(F)(F)C(F)(F)C(F)(F)C(F)(F)C(F)(F)C(F)(F)F)cc2)[C@H](O)[C@@H](OCc2ccccc2)[C@H]1O. The molecule has 1 fully saturated rings. The van der Waals surface area contributed by atoms with Crippen molar-refractivity contribution in [2.45, 2.75) is 231 Å². The van der Waals surface area contributed by atoms with Crippen LogP contribution in [0.25, 0.3) is 0 Å². The molecule has 1 heterocycles. The van der Waals surface area contributed by atoms with E-state index in [2.05, 4.69) is 9.47 Å². The summed E-state index contributed by atoms with van der Waals surface area (Å²) in [5, 5.41) is 31.5. The number of aliphatic hydroxyl groups is 3. The van der Waals surface area contributed by atoms with Gasteiger partial charge in [0.25, 0.3) is 0 Å². The number of hydrogen-bond acceptors (Lipinski definition) is 10. The molecule has 0 aliphatic carbocycles. The first kappa shape index (κ1) is 105. The largest absolute Gasteiger partial charge is 0.491 e. The molecule has 0 amide bonds. The molecule has 61 heteroatoms. The molecule has 2 aromatic carbocycles. The third-order valence-electron chi connectivity index (χ3n) is 16.4. The highest BCUT2D eigenvalue weighted by atomic mass is 19.5. The Hall–Kier alpha value is -5.85. The maximum atomic E-state index is 15.0. The molecule has 0 aromatic heterocycles. The van der Waals surface area contributed by atoms with E-state index in [1.54, 1.807) is 0 Å². The van der Waals surface area contributed by atoms with Gasteiger partial charge in [0.05, 0.1) is 19.8 Å². The lowest BCUT2D eigenvalue weighted by atomic mass is 9.88. The molecule has 3 N–H and O–H groups in total. The average Bonchev–Trinajstić information content (AvgIpc) is 0.704. The standard InChI is InChI=1S/C56H45F51O10/c57-33(58,36(63,64)39(69,70)42(75,76)45(81,82)48(87,88)51(93,94)54(99,100)101)13-4-16-111-21-27(112-17-5-14-34(59,60)37(65,66)40(71,72)43(77,78)46(83,84)49(89,90)52(95,96)55(102,103)104)28(113-18-6-15-35(61,62)38(67,68)41(73,74)44(79,80)47(85,86)50(91,92)53(97,98)56(105,106)107)22-114-24-9-11-25(12-10-24)116-32-30(110)31(29(109)26(19-108)117-32)115-20-23-7-2-1-3-8-23/h1-3,7-12,26-32,108-110H,4-6,13-22H2/t26-,27?,28?,29+,30-,31+,32-/m1/s1. The first-order valence-corrected chi connectivity index (χ1v) is 30.3. The van der Waals surface area contributed by atoms with Gasteiger partial charge >= 0.3 is 143 Å². The fourth-order valence-electron chi connectivity index (χ4n) is 9.28. The molecule has 0 radical (unpaired) electrons. The smallest absolute Gasteiger partial charge is 0.460 e. The summed E-state index contributed by atoms with van der Waals surface area (Å²) >= 11 is 0. The van der Waals surface area contributed by atoms with E-state index in [1.807, 2.05) is 0 Å². The highest BCUT2D eigenvalue weighted by Crippen LogP contribution is 2.69. The van der Waals surface area contributed by atoms with Gasteiger partial charge in [-0.3, -0.25) is 0 Å². The van der Waals surface area contributed by atoms with Crippen molar-refractivity contribution in [3.05, 3.63) is 60.2 Å². The maximum Gasteiger partial charge on any atom is 0.460 e. The number of halogens is 51. The van der Waals surface area contributed by atoms with Crippen LogP contribution in [0.5, 0.6) is 11.5 Å². The molecular weight excluding hydrogens is 1800 g/mol. The van der Waals surface area contributed by atoms with Gasteiger partial charge in [0.2, 0.25) is 6.29 Å². The van der Waals surface area contributed by atoms with Crippen molar-refractivity contribution in [3.63, 3.8) is 0 Å². The van der Waals surface area contributed by atoms with Crippen LogP contribution in [0.2, 0.25) is 0 Å². The van der Waals surface area contributed by atoms with E-state index in [0.717, 1.165) is 0 Å². The Morgan fingerprint density at radius 1 is 0.316 bits per heavy atom. The third-order valence-corrected chi connectivity index (χ3v) is 16.4. The summed E-state index contributed by atoms with van der Waals surface area (Å²) in [6.07, 6.45) is -58.9. The van der Waals surface area contributed by atoms with Crippen LogP contribution in [0.15, 0.2) is 54.6 Å². The second kappa shape index (κ2) is 33.8. The molecule has 3 rings (SSSR count). The van der Waals surface area contributed by atoms with Crippen LogP contribution in [0.3, 0.4) is 0 Å². The van der Waals surface area contributed by atoms with E-state index in [9.17, 15) is 222 Å². The molecule has 0 saturated carbocycles. The first-order valence-electron chi connectivity index (χ1n) is 30.3. The second-order valence-corrected chi connectivity index (χ2v) is 24.5. The van der Waals surface area contributed by atoms with Crippen molar-refractivity contribution in [3.8, 4) is 11.5 Å². The molecule has 7 atom stereocenters. The summed E-state index contributed by atoms with van der Waals surface area (Å²) < 4.78 is 748. The predicted molar refractivity (Wildman–Crippen MR) is 275 cm³/mol. The van der Waals surface area contributed by atoms with Gasteiger partial charge < -0.3 is 48.5 Å². The summed E-state index contributed by atoms with van der Waals surface area (Å²) in [5.41, 5.74) is 0.362. The summed E-state index contributed by atoms with van der Waals surface area (Å²) in [7, 11) is 0. The quantitative estimate of drug-likeness (QED) is 0.0436. The number of hydrogen-bond donors (Lipinski definition) is 3. The van der Waals surface area contributed by atoms with Crippen LogP contribution >= 0.6 is 0 Å². The Morgan fingerprint density at radius 3 is 0.889 bits per heavy atom. The minimum absolute atomic E-state index is 0.362. The molecule has 117 heavy (non-hydrogen) atoms. The Labute approximate surface area is 614 Å². The van der Waals surface area contributed by atoms with Crippen LogP contribution in [-0.4, -0.2) is 241 Å². The molecule has 2 aromatic rings. The van der Waals surface area contributed by atoms with Crippen LogP contribution in [0, 0.1) is 0 Å². The lowest BCUT2D eigenvalue weighted by Crippen LogP contribution is -2.74. The van der Waals surface area contributed by atoms with Crippen molar-refractivity contribution >= 4 is 0 Å². The number of benzene rings is 2. The summed E-state index contributed by atoms with van der Waals surface area (Å²) in [4.78, 5) is 0. The molecule has 10 nitrogen and oxygen atoms in total. The van der Waals surface area contributed by atoms with Gasteiger partial charge in [0, 0.05) is 39.1 Å². The Kier molecular flexibility index (Phi) is 30.4. The molecule has 686 valence electrons. The van der Waals surface area contributed by atoms with Crippen molar-refractivity contribution in [1.82, 2.24) is 0 Å². The summed E-state index contributed by atoms with van der Waals surface area (Å²) in [5.74, 6) is -185. The highest BCUT2D eigenvalue weighted by Gasteiger charge is 2.99. The lowest BCUT2D eigenvalue weighted by Gasteiger charge is -2.42. The lowest BCUT2D eigenvalue weighted by molar-refractivity contribution is -0.461. The zero-order valence-electron chi connectivity index (χ0n) is 55.4. The average molecular weight is 1850 g/mol. The zero-order valence-corrected chi connectivity index (χ0v) is 55.4. The molecule has 1 aliphatic rings. The Morgan fingerprint density at radius 2 is 0.590 bits per heavy atom. The molecule has 0 bridgehead atoms. The predicted octanol–water partition coefficient (Wildman–Crippen LogP) is 19.6. The monoisotopic (exact) mass is 1850 g/mol. The number of aliphatic hydroxyl groups excluding tert-OH is 3. The normalized spacial score (nSPS) is 19.9. The van der Waals surface area contributed by atoms with E-state index in [1.165, 1.54) is 30.3 Å². The number of ether oxygens (including phenoxy) is 7. The van der Waals surface area contributed by atoms with Gasteiger partial charge in [-0.2, -0.15) is 224 Å². The van der Waals surface area contributed by atoms with Gasteiger partial charge in [0.1, 0.15) is 54.7 Å². The van der Waals surface area contributed by atoms with Crippen LogP contribution in [-0.2, 0) is 30.3 Å². The van der Waals surface area contributed by atoms with Crippen LogP contribution in [0.1, 0.15) is 44.1 Å². The van der Waals surface area contributed by atoms with Gasteiger partial charge in [-0.25, -0.2) is 0 Å². The van der Waals surface area contributed by atoms with E-state index in [-0.39, 0.29) is 0 Å². The van der Waals surface area contributed by atoms with E-state index in [0.29, 0.717) is 29.8 Å². The number of alkyl halides is 51. The van der Waals surface area contributed by atoms with Crippen molar-refractivity contribution < 1.29 is 272 Å². The number of rotatable bonds is 44. The van der Waals surface area contributed by atoms with Gasteiger partial charge in [-0.15, -0.1) is 0 Å². The fourth-order valence-corrected chi connectivity index (χ4v) is 9.28. The van der Waals surface area contributed by atoms with Crippen molar-refractivity contribution in [2.75, 3.05) is 39.6 Å². The van der Waals surface area contributed by atoms with Gasteiger partial charge in [0.15, 0.2) is 0 Å². The minimum atomic E-state index is -9.28.